The smallest absolute Gasteiger partial charge is 0.0723 e. The van der Waals surface area contributed by atoms with E-state index in [1.165, 1.54) is 19.3 Å². The van der Waals surface area contributed by atoms with Crippen molar-refractivity contribution in [3.8, 4) is 0 Å². The minimum absolute atomic E-state index is 0.0472. The number of nitrogens with two attached hydrogens (primary N) is 1. The van der Waals surface area contributed by atoms with Gasteiger partial charge in [-0.05, 0) is 61.7 Å². The standard InChI is InChI=1S/C18H35NO/c1-14-10-16(4,5)12-18(20,11-14)17(13-19)8-6-15(2,3)7-9-17/h14,20H,6-13,19H2,1-5H3. The van der Waals surface area contributed by atoms with Crippen molar-refractivity contribution in [2.45, 2.75) is 85.2 Å². The van der Waals surface area contributed by atoms with E-state index in [0.29, 0.717) is 17.9 Å². The van der Waals surface area contributed by atoms with E-state index in [-0.39, 0.29) is 10.8 Å². The number of hydrogen-bond acceptors (Lipinski definition) is 2. The van der Waals surface area contributed by atoms with Crippen LogP contribution in [0.25, 0.3) is 0 Å². The summed E-state index contributed by atoms with van der Waals surface area (Å²) < 4.78 is 0. The van der Waals surface area contributed by atoms with E-state index in [9.17, 15) is 5.11 Å². The molecule has 0 amide bonds. The number of aliphatic hydroxyl groups is 1. The van der Waals surface area contributed by atoms with Gasteiger partial charge in [-0.2, -0.15) is 0 Å². The Hall–Kier alpha value is -0.0800. The van der Waals surface area contributed by atoms with Crippen LogP contribution in [0.4, 0.5) is 0 Å². The summed E-state index contributed by atoms with van der Waals surface area (Å²) in [5.41, 5.74) is 6.27. The molecule has 0 aromatic carbocycles. The van der Waals surface area contributed by atoms with E-state index in [1.807, 2.05) is 0 Å². The molecule has 2 aliphatic carbocycles. The minimum Gasteiger partial charge on any atom is -0.389 e. The van der Waals surface area contributed by atoms with Crippen LogP contribution in [-0.2, 0) is 0 Å². The van der Waals surface area contributed by atoms with Gasteiger partial charge in [0.1, 0.15) is 0 Å². The van der Waals surface area contributed by atoms with E-state index in [4.69, 9.17) is 5.73 Å². The van der Waals surface area contributed by atoms with E-state index in [2.05, 4.69) is 34.6 Å². The van der Waals surface area contributed by atoms with Crippen molar-refractivity contribution in [1.29, 1.82) is 0 Å². The molecule has 2 unspecified atom stereocenters. The highest BCUT2D eigenvalue weighted by Crippen LogP contribution is 2.57. The summed E-state index contributed by atoms with van der Waals surface area (Å²) in [5.74, 6) is 0.599. The quantitative estimate of drug-likeness (QED) is 0.800. The molecular weight excluding hydrogens is 246 g/mol. The number of hydrogen-bond donors (Lipinski definition) is 2. The van der Waals surface area contributed by atoms with Crippen LogP contribution in [0.1, 0.15) is 79.6 Å². The molecule has 2 nitrogen and oxygen atoms in total. The molecule has 20 heavy (non-hydrogen) atoms. The van der Waals surface area contributed by atoms with Gasteiger partial charge in [-0.15, -0.1) is 0 Å². The van der Waals surface area contributed by atoms with E-state index >= 15 is 0 Å². The first-order chi connectivity index (χ1) is 9.03. The lowest BCUT2D eigenvalue weighted by Crippen LogP contribution is -2.59. The first-order valence-electron chi connectivity index (χ1n) is 8.46. The highest BCUT2D eigenvalue weighted by Gasteiger charge is 2.55. The minimum atomic E-state index is -0.556. The Morgan fingerprint density at radius 2 is 1.50 bits per heavy atom. The predicted molar refractivity (Wildman–Crippen MR) is 85.5 cm³/mol. The maximum atomic E-state index is 11.5. The summed E-state index contributed by atoms with van der Waals surface area (Å²) >= 11 is 0. The molecular formula is C18H35NO. The summed E-state index contributed by atoms with van der Waals surface area (Å²) in [6.45, 7) is 12.3. The maximum absolute atomic E-state index is 11.5. The van der Waals surface area contributed by atoms with Crippen LogP contribution in [-0.4, -0.2) is 17.3 Å². The van der Waals surface area contributed by atoms with Crippen molar-refractivity contribution in [2.24, 2.45) is 27.9 Å². The average Bonchev–Trinajstić information content (AvgIpc) is 2.25. The molecule has 0 aromatic rings. The highest BCUT2D eigenvalue weighted by molar-refractivity contribution is 5.07. The van der Waals surface area contributed by atoms with Crippen LogP contribution in [0.15, 0.2) is 0 Å². The molecule has 2 saturated carbocycles. The molecule has 118 valence electrons. The monoisotopic (exact) mass is 281 g/mol. The summed E-state index contributed by atoms with van der Waals surface area (Å²) in [5, 5.41) is 11.5. The third kappa shape index (κ3) is 2.92. The molecule has 0 saturated heterocycles. The van der Waals surface area contributed by atoms with Gasteiger partial charge in [0.05, 0.1) is 5.60 Å². The first kappa shape index (κ1) is 16.3. The summed E-state index contributed by atoms with van der Waals surface area (Å²) in [7, 11) is 0. The Balaban J connectivity index is 2.26. The Labute approximate surface area is 125 Å². The fourth-order valence-electron chi connectivity index (χ4n) is 5.20. The van der Waals surface area contributed by atoms with E-state index in [1.54, 1.807) is 0 Å². The molecule has 2 atom stereocenters. The van der Waals surface area contributed by atoms with Crippen molar-refractivity contribution < 1.29 is 5.11 Å². The van der Waals surface area contributed by atoms with Crippen LogP contribution in [0.3, 0.4) is 0 Å². The van der Waals surface area contributed by atoms with Crippen molar-refractivity contribution in [1.82, 2.24) is 0 Å². The molecule has 0 aliphatic heterocycles. The van der Waals surface area contributed by atoms with Gasteiger partial charge in [-0.3, -0.25) is 0 Å². The zero-order valence-corrected chi connectivity index (χ0v) is 14.3. The molecule has 3 N–H and O–H groups in total. The lowest BCUT2D eigenvalue weighted by atomic mass is 9.51. The lowest BCUT2D eigenvalue weighted by Gasteiger charge is -2.57. The Morgan fingerprint density at radius 3 is 1.95 bits per heavy atom. The van der Waals surface area contributed by atoms with E-state index < -0.39 is 5.60 Å². The van der Waals surface area contributed by atoms with Crippen LogP contribution >= 0.6 is 0 Å². The molecule has 0 spiro atoms. The SMILES string of the molecule is CC1CC(C)(C)CC(O)(C2(CN)CCC(C)(C)CC2)C1. The van der Waals surface area contributed by atoms with Crippen molar-refractivity contribution >= 4 is 0 Å². The van der Waals surface area contributed by atoms with Gasteiger partial charge >= 0.3 is 0 Å². The molecule has 0 bridgehead atoms. The van der Waals surface area contributed by atoms with Crippen molar-refractivity contribution in [3.63, 3.8) is 0 Å². The molecule has 0 heterocycles. The van der Waals surface area contributed by atoms with Crippen molar-refractivity contribution in [3.05, 3.63) is 0 Å². The molecule has 0 radical (unpaired) electrons. The molecule has 2 heteroatoms. The zero-order chi connectivity index (χ0) is 15.2. The van der Waals surface area contributed by atoms with Crippen LogP contribution in [0.2, 0.25) is 0 Å². The van der Waals surface area contributed by atoms with Crippen LogP contribution in [0, 0.1) is 22.2 Å². The fourth-order valence-corrected chi connectivity index (χ4v) is 5.20. The van der Waals surface area contributed by atoms with Crippen molar-refractivity contribution in [2.75, 3.05) is 6.54 Å². The predicted octanol–water partition coefficient (Wildman–Crippen LogP) is 4.11. The van der Waals surface area contributed by atoms with E-state index in [0.717, 1.165) is 25.7 Å². The maximum Gasteiger partial charge on any atom is 0.0723 e. The normalized spacial score (nSPS) is 39.5. The van der Waals surface area contributed by atoms with Gasteiger partial charge in [0.25, 0.3) is 0 Å². The topological polar surface area (TPSA) is 46.2 Å². The van der Waals surface area contributed by atoms with Gasteiger partial charge in [-0.1, -0.05) is 34.6 Å². The van der Waals surface area contributed by atoms with Gasteiger partial charge in [-0.25, -0.2) is 0 Å². The number of rotatable bonds is 2. The first-order valence-corrected chi connectivity index (χ1v) is 8.46. The fraction of sp³-hybridized carbons (Fsp3) is 1.00. The van der Waals surface area contributed by atoms with Gasteiger partial charge in [0, 0.05) is 12.0 Å². The zero-order valence-electron chi connectivity index (χ0n) is 14.3. The third-order valence-corrected chi connectivity index (χ3v) is 6.30. The second-order valence-corrected chi connectivity index (χ2v) is 9.53. The van der Waals surface area contributed by atoms with Gasteiger partial charge in [0.2, 0.25) is 0 Å². The summed E-state index contributed by atoms with van der Waals surface area (Å²) in [4.78, 5) is 0. The Kier molecular flexibility index (Phi) is 4.06. The second kappa shape index (κ2) is 4.98. The summed E-state index contributed by atoms with van der Waals surface area (Å²) in [6.07, 6.45) is 7.66. The van der Waals surface area contributed by atoms with Gasteiger partial charge in [0.15, 0.2) is 0 Å². The highest BCUT2D eigenvalue weighted by atomic mass is 16.3. The van der Waals surface area contributed by atoms with Crippen LogP contribution < -0.4 is 5.73 Å². The van der Waals surface area contributed by atoms with Gasteiger partial charge < -0.3 is 10.8 Å². The molecule has 2 aliphatic rings. The largest absolute Gasteiger partial charge is 0.389 e. The molecule has 2 rings (SSSR count). The molecule has 0 aromatic heterocycles. The Bertz CT molecular complexity index is 350. The lowest BCUT2D eigenvalue weighted by molar-refractivity contribution is -0.164. The third-order valence-electron chi connectivity index (χ3n) is 6.30. The molecule has 2 fully saturated rings. The summed E-state index contributed by atoms with van der Waals surface area (Å²) in [6, 6.07) is 0. The Morgan fingerprint density at radius 1 is 0.950 bits per heavy atom. The average molecular weight is 281 g/mol. The van der Waals surface area contributed by atoms with Crippen LogP contribution in [0.5, 0.6) is 0 Å². The second-order valence-electron chi connectivity index (χ2n) is 9.53.